The Kier molecular flexibility index (Phi) is 6.93. The third-order valence-corrected chi connectivity index (χ3v) is 5.79. The van der Waals surface area contributed by atoms with Crippen LogP contribution in [0.2, 0.25) is 0 Å². The lowest BCUT2D eigenvalue weighted by Gasteiger charge is -2.28. The molecule has 0 saturated carbocycles. The Bertz CT molecular complexity index is 1150. The lowest BCUT2D eigenvalue weighted by atomic mass is 9.78. The molecule has 0 saturated heterocycles. The molecule has 8 heteroatoms. The van der Waals surface area contributed by atoms with Crippen LogP contribution in [0.1, 0.15) is 41.3 Å². The van der Waals surface area contributed by atoms with Gasteiger partial charge in [0.15, 0.2) is 0 Å². The van der Waals surface area contributed by atoms with E-state index in [9.17, 15) is 4.39 Å². The molecule has 0 aliphatic heterocycles. The first-order chi connectivity index (χ1) is 15.9. The molecule has 1 aromatic carbocycles. The Labute approximate surface area is 193 Å². The van der Waals surface area contributed by atoms with Crippen molar-refractivity contribution in [2.24, 2.45) is 5.16 Å². The van der Waals surface area contributed by atoms with Crippen LogP contribution in [-0.4, -0.2) is 52.8 Å². The number of nitrogens with two attached hydrogens (primary N) is 1. The van der Waals surface area contributed by atoms with E-state index in [2.05, 4.69) is 25.0 Å². The summed E-state index contributed by atoms with van der Waals surface area (Å²) in [6.07, 6.45) is 5.62. The lowest BCUT2D eigenvalue weighted by Crippen LogP contribution is -2.24. The number of oxime groups is 1. The van der Waals surface area contributed by atoms with Gasteiger partial charge in [0.05, 0.1) is 17.1 Å². The summed E-state index contributed by atoms with van der Waals surface area (Å²) in [6.45, 7) is 3.36. The van der Waals surface area contributed by atoms with E-state index in [0.717, 1.165) is 52.3 Å². The summed E-state index contributed by atoms with van der Waals surface area (Å²) >= 11 is 0. The molecule has 3 aromatic rings. The SMILES string of the molecule is Cc1nc(N)nc2c1C(=NOCCCN(C)C)CC(c1ccc(F)cc1-c1cccnc1)C2. The second-order valence-electron chi connectivity index (χ2n) is 8.60. The van der Waals surface area contributed by atoms with Crippen LogP contribution in [-0.2, 0) is 11.3 Å². The van der Waals surface area contributed by atoms with Crippen molar-refractivity contribution in [1.29, 1.82) is 0 Å². The third-order valence-electron chi connectivity index (χ3n) is 5.79. The Balaban J connectivity index is 1.70. The molecule has 0 bridgehead atoms. The third kappa shape index (κ3) is 5.34. The average molecular weight is 449 g/mol. The molecule has 2 heterocycles. The predicted molar refractivity (Wildman–Crippen MR) is 128 cm³/mol. The first kappa shape index (κ1) is 22.8. The Morgan fingerprint density at radius 2 is 2.06 bits per heavy atom. The summed E-state index contributed by atoms with van der Waals surface area (Å²) < 4.78 is 14.2. The molecule has 1 aliphatic carbocycles. The molecule has 172 valence electrons. The van der Waals surface area contributed by atoms with E-state index in [1.165, 1.54) is 6.07 Å². The zero-order valence-electron chi connectivity index (χ0n) is 19.3. The van der Waals surface area contributed by atoms with Crippen LogP contribution in [0, 0.1) is 12.7 Å². The van der Waals surface area contributed by atoms with Crippen LogP contribution >= 0.6 is 0 Å². The molecule has 2 aromatic heterocycles. The number of aromatic nitrogens is 3. The molecular formula is C25H29FN6O. The number of nitrogen functional groups attached to an aromatic ring is 1. The fourth-order valence-electron chi connectivity index (χ4n) is 4.35. The molecule has 1 atom stereocenters. The number of anilines is 1. The maximum absolute atomic E-state index is 14.2. The number of benzene rings is 1. The predicted octanol–water partition coefficient (Wildman–Crippen LogP) is 3.97. The molecule has 1 unspecified atom stereocenters. The molecule has 33 heavy (non-hydrogen) atoms. The van der Waals surface area contributed by atoms with E-state index in [4.69, 9.17) is 10.6 Å². The zero-order chi connectivity index (χ0) is 23.4. The van der Waals surface area contributed by atoms with Crippen LogP contribution in [0.3, 0.4) is 0 Å². The largest absolute Gasteiger partial charge is 0.396 e. The van der Waals surface area contributed by atoms with Crippen molar-refractivity contribution < 1.29 is 9.23 Å². The van der Waals surface area contributed by atoms with Gasteiger partial charge in [-0.2, -0.15) is 0 Å². The first-order valence-corrected chi connectivity index (χ1v) is 11.1. The van der Waals surface area contributed by atoms with Crippen LogP contribution in [0.25, 0.3) is 11.1 Å². The standard InChI is InChI=1S/C25H29FN6O/c1-16-24-22(30-25(27)29-16)12-18(13-23(24)31-33-11-5-10-32(2)3)20-8-7-19(26)14-21(20)17-6-4-9-28-15-17/h4,6-9,14-15,18H,5,10-13H2,1-3H3,(H2,27,29,30). The number of nitrogens with zero attached hydrogens (tertiary/aromatic N) is 5. The zero-order valence-corrected chi connectivity index (χ0v) is 19.3. The van der Waals surface area contributed by atoms with E-state index in [1.54, 1.807) is 18.5 Å². The maximum Gasteiger partial charge on any atom is 0.220 e. The van der Waals surface area contributed by atoms with Crippen molar-refractivity contribution in [3.8, 4) is 11.1 Å². The van der Waals surface area contributed by atoms with Gasteiger partial charge in [-0.05, 0) is 69.1 Å². The van der Waals surface area contributed by atoms with Crippen LogP contribution < -0.4 is 5.73 Å². The van der Waals surface area contributed by atoms with Gasteiger partial charge in [0.1, 0.15) is 12.4 Å². The van der Waals surface area contributed by atoms with E-state index in [-0.39, 0.29) is 17.7 Å². The number of fused-ring (bicyclic) bond motifs is 1. The smallest absolute Gasteiger partial charge is 0.220 e. The Morgan fingerprint density at radius 3 is 2.82 bits per heavy atom. The van der Waals surface area contributed by atoms with Crippen molar-refractivity contribution in [3.63, 3.8) is 0 Å². The minimum absolute atomic E-state index is 0.0335. The summed E-state index contributed by atoms with van der Waals surface area (Å²) in [6, 6.07) is 8.70. The second kappa shape index (κ2) is 10.0. The van der Waals surface area contributed by atoms with Crippen LogP contribution in [0.15, 0.2) is 47.9 Å². The molecule has 4 rings (SSSR count). The van der Waals surface area contributed by atoms with Gasteiger partial charge in [0.2, 0.25) is 5.95 Å². The minimum Gasteiger partial charge on any atom is -0.396 e. The molecular weight excluding hydrogens is 419 g/mol. The number of aryl methyl sites for hydroxylation is 1. The highest BCUT2D eigenvalue weighted by Gasteiger charge is 2.30. The van der Waals surface area contributed by atoms with Crippen LogP contribution in [0.5, 0.6) is 0 Å². The summed E-state index contributed by atoms with van der Waals surface area (Å²) in [5, 5.41) is 4.50. The molecule has 0 radical (unpaired) electrons. The fourth-order valence-corrected chi connectivity index (χ4v) is 4.35. The van der Waals surface area contributed by atoms with Crippen molar-refractivity contribution in [1.82, 2.24) is 19.9 Å². The number of halogens is 1. The maximum atomic E-state index is 14.2. The minimum atomic E-state index is -0.283. The normalized spacial score (nSPS) is 16.8. The highest BCUT2D eigenvalue weighted by Crippen LogP contribution is 2.38. The number of rotatable bonds is 7. The first-order valence-electron chi connectivity index (χ1n) is 11.1. The Hall–Kier alpha value is -3.39. The molecule has 7 nitrogen and oxygen atoms in total. The van der Waals surface area contributed by atoms with Gasteiger partial charge in [-0.1, -0.05) is 17.3 Å². The van der Waals surface area contributed by atoms with E-state index in [0.29, 0.717) is 19.4 Å². The number of pyridine rings is 1. The van der Waals surface area contributed by atoms with Crippen molar-refractivity contribution in [2.45, 2.75) is 32.1 Å². The van der Waals surface area contributed by atoms with Gasteiger partial charge >= 0.3 is 0 Å². The van der Waals surface area contributed by atoms with Crippen molar-refractivity contribution >= 4 is 11.7 Å². The van der Waals surface area contributed by atoms with Gasteiger partial charge in [-0.25, -0.2) is 14.4 Å². The Morgan fingerprint density at radius 1 is 1.21 bits per heavy atom. The summed E-state index contributed by atoms with van der Waals surface area (Å²) in [7, 11) is 4.06. The average Bonchev–Trinajstić information content (AvgIpc) is 2.78. The summed E-state index contributed by atoms with van der Waals surface area (Å²) in [4.78, 5) is 20.9. The highest BCUT2D eigenvalue weighted by atomic mass is 19.1. The van der Waals surface area contributed by atoms with E-state index >= 15 is 0 Å². The van der Waals surface area contributed by atoms with Crippen molar-refractivity contribution in [2.75, 3.05) is 33.0 Å². The molecule has 1 aliphatic rings. The van der Waals surface area contributed by atoms with Gasteiger partial charge in [-0.3, -0.25) is 4.98 Å². The summed E-state index contributed by atoms with van der Waals surface area (Å²) in [5.41, 5.74) is 12.0. The van der Waals surface area contributed by atoms with E-state index < -0.39 is 0 Å². The molecule has 0 amide bonds. The molecule has 0 fully saturated rings. The lowest BCUT2D eigenvalue weighted by molar-refractivity contribution is 0.134. The number of hydrogen-bond donors (Lipinski definition) is 1. The number of hydrogen-bond acceptors (Lipinski definition) is 7. The van der Waals surface area contributed by atoms with E-state index in [1.807, 2.05) is 39.2 Å². The quantitative estimate of drug-likeness (QED) is 0.435. The molecule has 0 spiro atoms. The van der Waals surface area contributed by atoms with Gasteiger partial charge in [0, 0.05) is 36.5 Å². The van der Waals surface area contributed by atoms with Gasteiger partial charge < -0.3 is 15.5 Å². The highest BCUT2D eigenvalue weighted by molar-refractivity contribution is 6.03. The van der Waals surface area contributed by atoms with Gasteiger partial charge in [0.25, 0.3) is 0 Å². The van der Waals surface area contributed by atoms with Crippen molar-refractivity contribution in [3.05, 3.63) is 71.1 Å². The monoisotopic (exact) mass is 448 g/mol. The summed E-state index contributed by atoms with van der Waals surface area (Å²) in [5.74, 6) is -0.00906. The second-order valence-corrected chi connectivity index (χ2v) is 8.60. The molecule has 2 N–H and O–H groups in total. The fraction of sp³-hybridized carbons (Fsp3) is 0.360. The van der Waals surface area contributed by atoms with Gasteiger partial charge in [-0.15, -0.1) is 0 Å². The van der Waals surface area contributed by atoms with Crippen LogP contribution in [0.4, 0.5) is 10.3 Å². The topological polar surface area (TPSA) is 89.5 Å².